The average molecular weight is 269 g/mol. The van der Waals surface area contributed by atoms with Crippen LogP contribution in [0.2, 0.25) is 4.34 Å². The maximum atomic E-state index is 11.8. The number of hydrogen-bond donors (Lipinski definition) is 0. The summed E-state index contributed by atoms with van der Waals surface area (Å²) < 4.78 is 1.70. The van der Waals surface area contributed by atoms with Crippen molar-refractivity contribution in [2.45, 2.75) is 13.5 Å². The summed E-state index contributed by atoms with van der Waals surface area (Å²) in [7, 11) is 0. The summed E-state index contributed by atoms with van der Waals surface area (Å²) in [6.07, 6.45) is 1.55. The summed E-state index contributed by atoms with van der Waals surface area (Å²) in [6, 6.07) is 4.75. The van der Waals surface area contributed by atoms with Gasteiger partial charge in [0.15, 0.2) is 5.78 Å². The fraction of sp³-hybridized carbons (Fsp3) is 0.182. The van der Waals surface area contributed by atoms with Gasteiger partial charge in [0, 0.05) is 6.07 Å². The molecule has 0 saturated carbocycles. The van der Waals surface area contributed by atoms with Gasteiger partial charge in [-0.2, -0.15) is 5.10 Å². The summed E-state index contributed by atoms with van der Waals surface area (Å²) >= 11 is 6.94. The molecular weight excluding hydrogens is 260 g/mol. The highest BCUT2D eigenvalue weighted by Gasteiger charge is 2.11. The highest BCUT2D eigenvalue weighted by Crippen LogP contribution is 2.21. The molecule has 2 heterocycles. The van der Waals surface area contributed by atoms with Crippen LogP contribution >= 0.6 is 22.9 Å². The van der Waals surface area contributed by atoms with Gasteiger partial charge in [-0.3, -0.25) is 9.59 Å². The number of rotatable bonds is 3. The van der Waals surface area contributed by atoms with Crippen LogP contribution < -0.4 is 5.56 Å². The topological polar surface area (TPSA) is 52.0 Å². The zero-order chi connectivity index (χ0) is 12.4. The molecule has 0 spiro atoms. The Hall–Kier alpha value is -1.46. The van der Waals surface area contributed by atoms with E-state index in [0.717, 1.165) is 10.2 Å². The van der Waals surface area contributed by atoms with Crippen molar-refractivity contribution in [1.29, 1.82) is 0 Å². The molecule has 2 aromatic heterocycles. The zero-order valence-electron chi connectivity index (χ0n) is 9.01. The Morgan fingerprint density at radius 1 is 1.53 bits per heavy atom. The van der Waals surface area contributed by atoms with E-state index in [1.54, 1.807) is 25.3 Å². The minimum atomic E-state index is -0.277. The quantitative estimate of drug-likeness (QED) is 0.802. The van der Waals surface area contributed by atoms with E-state index in [1.165, 1.54) is 17.4 Å². The van der Waals surface area contributed by atoms with Gasteiger partial charge in [-0.1, -0.05) is 11.6 Å². The molecule has 0 amide bonds. The van der Waals surface area contributed by atoms with Crippen molar-refractivity contribution in [3.05, 3.63) is 49.5 Å². The van der Waals surface area contributed by atoms with E-state index in [4.69, 9.17) is 11.6 Å². The number of thiophene rings is 1. The Balaban J connectivity index is 2.21. The fourth-order valence-electron chi connectivity index (χ4n) is 1.32. The molecule has 17 heavy (non-hydrogen) atoms. The smallest absolute Gasteiger partial charge is 0.267 e. The van der Waals surface area contributed by atoms with Crippen LogP contribution in [0.3, 0.4) is 0 Å². The van der Waals surface area contributed by atoms with E-state index in [2.05, 4.69) is 5.10 Å². The van der Waals surface area contributed by atoms with Crippen molar-refractivity contribution in [3.63, 3.8) is 0 Å². The summed E-state index contributed by atoms with van der Waals surface area (Å²) in [5.74, 6) is -0.166. The van der Waals surface area contributed by atoms with E-state index in [1.807, 2.05) is 0 Å². The van der Waals surface area contributed by atoms with Crippen LogP contribution in [-0.4, -0.2) is 15.6 Å². The lowest BCUT2D eigenvalue weighted by atomic mass is 10.3. The number of aryl methyl sites for hydroxylation is 1. The number of aromatic nitrogens is 2. The first-order chi connectivity index (χ1) is 8.06. The highest BCUT2D eigenvalue weighted by atomic mass is 35.5. The molecule has 2 aromatic rings. The number of carbonyl (C=O) groups excluding carboxylic acids is 1. The van der Waals surface area contributed by atoms with Gasteiger partial charge in [0.05, 0.1) is 15.4 Å². The summed E-state index contributed by atoms with van der Waals surface area (Å²) in [5.41, 5.74) is 0.499. The molecule has 0 aliphatic heterocycles. The summed E-state index contributed by atoms with van der Waals surface area (Å²) in [6.45, 7) is 1.72. The third-order valence-corrected chi connectivity index (χ3v) is 3.42. The Morgan fingerprint density at radius 3 is 2.88 bits per heavy atom. The fourth-order valence-corrected chi connectivity index (χ4v) is 2.29. The van der Waals surface area contributed by atoms with Crippen molar-refractivity contribution in [2.24, 2.45) is 0 Å². The predicted molar refractivity (Wildman–Crippen MR) is 66.9 cm³/mol. The molecule has 0 unspecified atom stereocenters. The first-order valence-electron chi connectivity index (χ1n) is 4.88. The predicted octanol–water partition coefficient (Wildman–Crippen LogP) is 2.15. The number of carbonyl (C=O) groups is 1. The van der Waals surface area contributed by atoms with Crippen LogP contribution in [0.15, 0.2) is 29.2 Å². The van der Waals surface area contributed by atoms with Crippen molar-refractivity contribution in [2.75, 3.05) is 0 Å². The molecule has 4 nitrogen and oxygen atoms in total. The Kier molecular flexibility index (Phi) is 3.40. The SMILES string of the molecule is Cc1cnn(CC(=O)c2ccc(Cl)s2)c(=O)c1. The van der Waals surface area contributed by atoms with Gasteiger partial charge in [0.1, 0.15) is 6.54 Å². The second-order valence-electron chi connectivity index (χ2n) is 3.56. The molecule has 6 heteroatoms. The number of Topliss-reactive ketones (excluding diaryl/α,β-unsaturated/α-hetero) is 1. The van der Waals surface area contributed by atoms with Crippen LogP contribution in [-0.2, 0) is 6.54 Å². The van der Waals surface area contributed by atoms with Crippen molar-refractivity contribution >= 4 is 28.7 Å². The van der Waals surface area contributed by atoms with Crippen LogP contribution in [0, 0.1) is 6.92 Å². The standard InChI is InChI=1S/C11H9ClN2O2S/c1-7-4-11(16)14(13-5-7)6-8(15)9-2-3-10(12)17-9/h2-5H,6H2,1H3. The molecule has 2 rings (SSSR count). The van der Waals surface area contributed by atoms with E-state index >= 15 is 0 Å². The Labute approximate surface area is 106 Å². The normalized spacial score (nSPS) is 10.5. The number of nitrogens with zero attached hydrogens (tertiary/aromatic N) is 2. The second kappa shape index (κ2) is 4.81. The lowest BCUT2D eigenvalue weighted by Gasteiger charge is -2.02. The molecule has 0 N–H and O–H groups in total. The molecular formula is C11H9ClN2O2S. The summed E-state index contributed by atoms with van der Waals surface area (Å²) in [4.78, 5) is 23.9. The maximum Gasteiger partial charge on any atom is 0.267 e. The molecule has 0 aliphatic rings. The van der Waals surface area contributed by atoms with Crippen LogP contribution in [0.5, 0.6) is 0 Å². The first kappa shape index (κ1) is 12.0. The number of hydrogen-bond acceptors (Lipinski definition) is 4. The summed E-state index contributed by atoms with van der Waals surface area (Å²) in [5, 5.41) is 3.91. The molecule has 0 radical (unpaired) electrons. The van der Waals surface area contributed by atoms with E-state index in [9.17, 15) is 9.59 Å². The first-order valence-corrected chi connectivity index (χ1v) is 6.08. The van der Waals surface area contributed by atoms with E-state index < -0.39 is 0 Å². The van der Waals surface area contributed by atoms with Crippen molar-refractivity contribution < 1.29 is 4.79 Å². The van der Waals surface area contributed by atoms with Crippen molar-refractivity contribution in [3.8, 4) is 0 Å². The maximum absolute atomic E-state index is 11.8. The van der Waals surface area contributed by atoms with Crippen LogP contribution in [0.1, 0.15) is 15.2 Å². The minimum absolute atomic E-state index is 0.0596. The second-order valence-corrected chi connectivity index (χ2v) is 5.27. The monoisotopic (exact) mass is 268 g/mol. The Bertz CT molecular complexity index is 618. The lowest BCUT2D eigenvalue weighted by Crippen LogP contribution is -2.25. The van der Waals surface area contributed by atoms with Gasteiger partial charge < -0.3 is 0 Å². The molecule has 88 valence electrons. The zero-order valence-corrected chi connectivity index (χ0v) is 10.6. The van der Waals surface area contributed by atoms with Gasteiger partial charge in [-0.05, 0) is 24.6 Å². The van der Waals surface area contributed by atoms with Crippen LogP contribution in [0.4, 0.5) is 0 Å². The van der Waals surface area contributed by atoms with Crippen LogP contribution in [0.25, 0.3) is 0 Å². The largest absolute Gasteiger partial charge is 0.291 e. The van der Waals surface area contributed by atoms with Gasteiger partial charge >= 0.3 is 0 Å². The van der Waals surface area contributed by atoms with Gasteiger partial charge in [-0.25, -0.2) is 4.68 Å². The van der Waals surface area contributed by atoms with Gasteiger partial charge in [-0.15, -0.1) is 11.3 Å². The number of halogens is 1. The lowest BCUT2D eigenvalue weighted by molar-refractivity contribution is 0.0969. The molecule has 0 fully saturated rings. The van der Waals surface area contributed by atoms with Gasteiger partial charge in [0.2, 0.25) is 0 Å². The number of ketones is 1. The molecule has 0 aromatic carbocycles. The molecule has 0 atom stereocenters. The average Bonchev–Trinajstić information content (AvgIpc) is 2.69. The molecule has 0 bridgehead atoms. The Morgan fingerprint density at radius 2 is 2.29 bits per heavy atom. The molecule has 0 saturated heterocycles. The van der Waals surface area contributed by atoms with Crippen molar-refractivity contribution in [1.82, 2.24) is 9.78 Å². The highest BCUT2D eigenvalue weighted by molar-refractivity contribution is 7.18. The third-order valence-electron chi connectivity index (χ3n) is 2.15. The molecule has 0 aliphatic carbocycles. The van der Waals surface area contributed by atoms with E-state index in [-0.39, 0.29) is 17.9 Å². The minimum Gasteiger partial charge on any atom is -0.291 e. The van der Waals surface area contributed by atoms with E-state index in [0.29, 0.717) is 9.21 Å². The van der Waals surface area contributed by atoms with Gasteiger partial charge in [0.25, 0.3) is 5.56 Å². The third kappa shape index (κ3) is 2.81.